The first-order valence-electron chi connectivity index (χ1n) is 4.57. The highest BCUT2D eigenvalue weighted by Crippen LogP contribution is 2.18. The van der Waals surface area contributed by atoms with Crippen molar-refractivity contribution in [3.05, 3.63) is 5.82 Å². The van der Waals surface area contributed by atoms with Crippen molar-refractivity contribution in [3.63, 3.8) is 0 Å². The van der Waals surface area contributed by atoms with Crippen LogP contribution in [0.4, 0.5) is 5.13 Å². The van der Waals surface area contributed by atoms with Gasteiger partial charge in [-0.1, -0.05) is 0 Å². The van der Waals surface area contributed by atoms with E-state index >= 15 is 0 Å². The van der Waals surface area contributed by atoms with Gasteiger partial charge in [-0.25, -0.2) is 4.98 Å². The second-order valence-electron chi connectivity index (χ2n) is 3.35. The minimum Gasteiger partial charge on any atom is -0.306 e. The standard InChI is InChI=1S/C8H12N4OS/c1-5-10-8(14-12-5)11-7(13)4-9-6-2-3-6/h6,9H,2-4H2,1H3,(H,10,11,12,13). The zero-order valence-electron chi connectivity index (χ0n) is 7.91. The van der Waals surface area contributed by atoms with E-state index in [2.05, 4.69) is 20.0 Å². The third kappa shape index (κ3) is 2.74. The summed E-state index contributed by atoms with van der Waals surface area (Å²) in [4.78, 5) is 15.4. The fourth-order valence-corrected chi connectivity index (χ4v) is 1.63. The molecule has 1 aliphatic carbocycles. The SMILES string of the molecule is Cc1nsc(NC(=O)CNC2CC2)n1. The molecule has 0 radical (unpaired) electrons. The van der Waals surface area contributed by atoms with Crippen molar-refractivity contribution >= 4 is 22.6 Å². The van der Waals surface area contributed by atoms with E-state index in [1.165, 1.54) is 24.4 Å². The molecule has 0 atom stereocenters. The minimum absolute atomic E-state index is 0.0481. The van der Waals surface area contributed by atoms with E-state index in [0.717, 1.165) is 0 Å². The highest BCUT2D eigenvalue weighted by atomic mass is 32.1. The van der Waals surface area contributed by atoms with Crippen LogP contribution in [-0.2, 0) is 4.79 Å². The van der Waals surface area contributed by atoms with Crippen LogP contribution in [0.25, 0.3) is 0 Å². The molecule has 76 valence electrons. The van der Waals surface area contributed by atoms with Gasteiger partial charge in [0.2, 0.25) is 11.0 Å². The number of aryl methyl sites for hydroxylation is 1. The van der Waals surface area contributed by atoms with Gasteiger partial charge < -0.3 is 5.32 Å². The smallest absolute Gasteiger partial charge is 0.240 e. The van der Waals surface area contributed by atoms with Crippen molar-refractivity contribution in [2.24, 2.45) is 0 Å². The Kier molecular flexibility index (Phi) is 2.74. The molecule has 1 aliphatic rings. The van der Waals surface area contributed by atoms with Crippen LogP contribution >= 0.6 is 11.5 Å². The van der Waals surface area contributed by atoms with E-state index in [4.69, 9.17) is 0 Å². The summed E-state index contributed by atoms with van der Waals surface area (Å²) in [5, 5.41) is 6.39. The van der Waals surface area contributed by atoms with Crippen LogP contribution in [0.15, 0.2) is 0 Å². The van der Waals surface area contributed by atoms with Crippen molar-refractivity contribution in [1.29, 1.82) is 0 Å². The number of amides is 1. The molecule has 6 heteroatoms. The second-order valence-corrected chi connectivity index (χ2v) is 4.10. The van der Waals surface area contributed by atoms with Crippen LogP contribution in [0.5, 0.6) is 0 Å². The number of anilines is 1. The maximum Gasteiger partial charge on any atom is 0.240 e. The molecule has 0 saturated heterocycles. The Balaban J connectivity index is 1.75. The molecule has 5 nitrogen and oxygen atoms in total. The van der Waals surface area contributed by atoms with Gasteiger partial charge in [-0.2, -0.15) is 4.37 Å². The summed E-state index contributed by atoms with van der Waals surface area (Å²) in [6, 6.07) is 0.553. The molecule has 1 heterocycles. The first-order chi connectivity index (χ1) is 6.74. The fourth-order valence-electron chi connectivity index (χ4n) is 1.04. The molecule has 0 aliphatic heterocycles. The second kappa shape index (κ2) is 4.02. The molecule has 2 N–H and O–H groups in total. The number of rotatable bonds is 4. The summed E-state index contributed by atoms with van der Waals surface area (Å²) in [5.74, 6) is 0.647. The zero-order chi connectivity index (χ0) is 9.97. The van der Waals surface area contributed by atoms with E-state index in [1.807, 2.05) is 0 Å². The van der Waals surface area contributed by atoms with E-state index < -0.39 is 0 Å². The Morgan fingerprint density at radius 2 is 2.43 bits per heavy atom. The van der Waals surface area contributed by atoms with Crippen LogP contribution < -0.4 is 10.6 Å². The molecule has 0 unspecified atom stereocenters. The lowest BCUT2D eigenvalue weighted by molar-refractivity contribution is -0.115. The average molecular weight is 212 g/mol. The van der Waals surface area contributed by atoms with Crippen molar-refractivity contribution in [2.45, 2.75) is 25.8 Å². The zero-order valence-corrected chi connectivity index (χ0v) is 8.73. The third-order valence-corrected chi connectivity index (χ3v) is 2.62. The first-order valence-corrected chi connectivity index (χ1v) is 5.35. The minimum atomic E-state index is -0.0481. The van der Waals surface area contributed by atoms with Gasteiger partial charge >= 0.3 is 0 Å². The largest absolute Gasteiger partial charge is 0.306 e. The molecule has 1 aromatic heterocycles. The van der Waals surface area contributed by atoms with E-state index in [0.29, 0.717) is 23.5 Å². The molecule has 0 bridgehead atoms. The summed E-state index contributed by atoms with van der Waals surface area (Å²) in [6.45, 7) is 2.16. The lowest BCUT2D eigenvalue weighted by Gasteiger charge is -2.01. The molecule has 1 saturated carbocycles. The van der Waals surface area contributed by atoms with Crippen LogP contribution in [0, 0.1) is 6.92 Å². The average Bonchev–Trinajstić information content (AvgIpc) is 2.88. The number of hydrogen-bond donors (Lipinski definition) is 2. The number of carbonyl (C=O) groups is 1. The first kappa shape index (κ1) is 9.54. The van der Waals surface area contributed by atoms with Gasteiger partial charge in [0.1, 0.15) is 5.82 Å². The quantitative estimate of drug-likeness (QED) is 0.764. The Morgan fingerprint density at radius 1 is 1.64 bits per heavy atom. The lowest BCUT2D eigenvalue weighted by atomic mass is 10.5. The molecule has 14 heavy (non-hydrogen) atoms. The molecule has 0 aromatic carbocycles. The van der Waals surface area contributed by atoms with Gasteiger partial charge in [-0.15, -0.1) is 0 Å². The van der Waals surface area contributed by atoms with Crippen molar-refractivity contribution in [1.82, 2.24) is 14.7 Å². The highest BCUT2D eigenvalue weighted by molar-refractivity contribution is 7.09. The van der Waals surface area contributed by atoms with Gasteiger partial charge in [0.25, 0.3) is 0 Å². The maximum absolute atomic E-state index is 11.3. The van der Waals surface area contributed by atoms with Gasteiger partial charge in [-0.3, -0.25) is 10.1 Å². The summed E-state index contributed by atoms with van der Waals surface area (Å²) in [7, 11) is 0. The number of carbonyl (C=O) groups excluding carboxylic acids is 1. The number of aromatic nitrogens is 2. The molecule has 1 amide bonds. The predicted octanol–water partition coefficient (Wildman–Crippen LogP) is 0.537. The highest BCUT2D eigenvalue weighted by Gasteiger charge is 2.21. The molecule has 1 fully saturated rings. The van der Waals surface area contributed by atoms with Crippen molar-refractivity contribution in [2.75, 3.05) is 11.9 Å². The Labute approximate surface area is 86.1 Å². The monoisotopic (exact) mass is 212 g/mol. The van der Waals surface area contributed by atoms with Gasteiger partial charge in [0, 0.05) is 17.6 Å². The topological polar surface area (TPSA) is 66.9 Å². The van der Waals surface area contributed by atoms with Gasteiger partial charge in [-0.05, 0) is 19.8 Å². The van der Waals surface area contributed by atoms with Crippen molar-refractivity contribution in [3.8, 4) is 0 Å². The summed E-state index contributed by atoms with van der Waals surface area (Å²) < 4.78 is 3.97. The van der Waals surface area contributed by atoms with E-state index in [9.17, 15) is 4.79 Å². The normalized spacial score (nSPS) is 15.5. The Hall–Kier alpha value is -1.01. The van der Waals surface area contributed by atoms with E-state index in [-0.39, 0.29) is 5.91 Å². The predicted molar refractivity (Wildman–Crippen MR) is 54.3 cm³/mol. The third-order valence-electron chi connectivity index (χ3n) is 1.90. The van der Waals surface area contributed by atoms with Crippen LogP contribution in [-0.4, -0.2) is 27.9 Å². The lowest BCUT2D eigenvalue weighted by Crippen LogP contribution is -2.29. The molecular weight excluding hydrogens is 200 g/mol. The summed E-state index contributed by atoms with van der Waals surface area (Å²) >= 11 is 1.21. The van der Waals surface area contributed by atoms with Crippen LogP contribution in [0.3, 0.4) is 0 Å². The molecule has 1 aromatic rings. The van der Waals surface area contributed by atoms with Crippen LogP contribution in [0.2, 0.25) is 0 Å². The van der Waals surface area contributed by atoms with Gasteiger partial charge in [0.05, 0.1) is 6.54 Å². The van der Waals surface area contributed by atoms with E-state index in [1.54, 1.807) is 6.92 Å². The molecule has 0 spiro atoms. The summed E-state index contributed by atoms with van der Waals surface area (Å²) in [5.41, 5.74) is 0. The molecule has 2 rings (SSSR count). The maximum atomic E-state index is 11.3. The Bertz CT molecular complexity index is 334. The van der Waals surface area contributed by atoms with Crippen molar-refractivity contribution < 1.29 is 4.79 Å². The number of nitrogens with zero attached hydrogens (tertiary/aromatic N) is 2. The Morgan fingerprint density at radius 3 is 3.00 bits per heavy atom. The molecular formula is C8H12N4OS. The number of nitrogens with one attached hydrogen (secondary N) is 2. The number of hydrogen-bond acceptors (Lipinski definition) is 5. The summed E-state index contributed by atoms with van der Waals surface area (Å²) in [6.07, 6.45) is 2.37. The van der Waals surface area contributed by atoms with Crippen LogP contribution in [0.1, 0.15) is 18.7 Å². The fraction of sp³-hybridized carbons (Fsp3) is 0.625. The van der Waals surface area contributed by atoms with Gasteiger partial charge in [0.15, 0.2) is 0 Å².